The summed E-state index contributed by atoms with van der Waals surface area (Å²) in [5, 5.41) is 22.3. The van der Waals surface area contributed by atoms with Gasteiger partial charge in [-0.2, -0.15) is 0 Å². The van der Waals surface area contributed by atoms with Gasteiger partial charge in [0.05, 0.1) is 5.69 Å². The van der Waals surface area contributed by atoms with Gasteiger partial charge in [-0.3, -0.25) is 0 Å². The van der Waals surface area contributed by atoms with Crippen molar-refractivity contribution in [2.75, 3.05) is 10.6 Å². The molecule has 6 heteroatoms. The van der Waals surface area contributed by atoms with Gasteiger partial charge in [0.25, 0.3) is 0 Å². The maximum Gasteiger partial charge on any atom is 0.448 e. The molecular weight excluding hydrogens is 679 g/mol. The molecule has 8 rings (SSSR count). The Balaban J connectivity index is 0.000000156. The molecule has 0 unspecified atom stereocenters. The van der Waals surface area contributed by atoms with Crippen LogP contribution in [0.4, 0.5) is 22.7 Å². The third-order valence-electron chi connectivity index (χ3n) is 9.71. The van der Waals surface area contributed by atoms with Crippen molar-refractivity contribution >= 4 is 45.8 Å². The Bertz CT molecular complexity index is 1980. The Morgan fingerprint density at radius 1 is 0.500 bits per heavy atom. The van der Waals surface area contributed by atoms with E-state index < -0.39 is 7.12 Å². The zero-order valence-electron chi connectivity index (χ0n) is 29.6. The standard InChI is InChI=1S/C22H21N.C21H18BrN.CH5BO2/c1-15-13-18-17-11-7-8-12-19(17)22(2,3)20(18)14-21(15)23-16-9-5-4-6-10-16;1-21(2)17-11-7-6-10-15(17)16-12-19(22)20(13-18(16)21)23-14-8-4-3-5-9-14;1-2(3)4/h4-14,23H,1-3H3;3-13,23H,1-2H3;3-4H,1H3. The SMILES string of the molecule is CB(O)O.CC1(C)c2ccccc2-c2cc(Br)c(Nc3ccccc3)cc21.Cc1cc2c(cc1Nc1ccccc1)C(C)(C)c1ccccc1-2. The summed E-state index contributed by atoms with van der Waals surface area (Å²) in [6.07, 6.45) is 0. The number of aryl methyl sites for hydroxylation is 1. The highest BCUT2D eigenvalue weighted by Crippen LogP contribution is 2.52. The minimum Gasteiger partial charge on any atom is -0.427 e. The first-order valence-corrected chi connectivity index (χ1v) is 17.9. The molecule has 0 fully saturated rings. The smallest absolute Gasteiger partial charge is 0.427 e. The van der Waals surface area contributed by atoms with E-state index >= 15 is 0 Å². The molecule has 6 aromatic rings. The summed E-state index contributed by atoms with van der Waals surface area (Å²) in [7, 11) is -1.17. The number of halogens is 1. The average Bonchev–Trinajstić information content (AvgIpc) is 3.45. The van der Waals surface area contributed by atoms with Crippen LogP contribution in [0.15, 0.2) is 138 Å². The van der Waals surface area contributed by atoms with Gasteiger partial charge in [-0.05, 0) is 128 Å². The van der Waals surface area contributed by atoms with E-state index in [1.807, 2.05) is 24.3 Å². The molecule has 0 atom stereocenters. The van der Waals surface area contributed by atoms with Crippen molar-refractivity contribution in [3.8, 4) is 22.3 Å². The summed E-state index contributed by atoms with van der Waals surface area (Å²) < 4.78 is 1.09. The van der Waals surface area contributed by atoms with Gasteiger partial charge in [0.2, 0.25) is 0 Å². The van der Waals surface area contributed by atoms with Crippen LogP contribution in [-0.4, -0.2) is 17.2 Å². The Morgan fingerprint density at radius 3 is 1.36 bits per heavy atom. The lowest BCUT2D eigenvalue weighted by Gasteiger charge is -2.22. The highest BCUT2D eigenvalue weighted by Gasteiger charge is 2.37. The molecule has 6 aromatic carbocycles. The second-order valence-corrected chi connectivity index (χ2v) is 14.9. The second kappa shape index (κ2) is 14.3. The minimum absolute atomic E-state index is 0.0275. The minimum atomic E-state index is -1.17. The molecule has 0 aromatic heterocycles. The summed E-state index contributed by atoms with van der Waals surface area (Å²) in [6.45, 7) is 12.7. The van der Waals surface area contributed by atoms with Gasteiger partial charge in [0.1, 0.15) is 0 Å². The zero-order chi connectivity index (χ0) is 35.6. The number of benzene rings is 6. The van der Waals surface area contributed by atoms with Crippen LogP contribution in [0.2, 0.25) is 6.82 Å². The van der Waals surface area contributed by atoms with Crippen LogP contribution in [0.3, 0.4) is 0 Å². The summed E-state index contributed by atoms with van der Waals surface area (Å²) in [4.78, 5) is 0. The van der Waals surface area contributed by atoms with E-state index in [1.54, 1.807) is 0 Å². The summed E-state index contributed by atoms with van der Waals surface area (Å²) >= 11 is 3.73. The quantitative estimate of drug-likeness (QED) is 0.137. The van der Waals surface area contributed by atoms with E-state index in [-0.39, 0.29) is 10.8 Å². The lowest BCUT2D eigenvalue weighted by molar-refractivity contribution is 0.417. The number of para-hydroxylation sites is 2. The lowest BCUT2D eigenvalue weighted by Crippen LogP contribution is -2.15. The van der Waals surface area contributed by atoms with Crippen LogP contribution < -0.4 is 10.6 Å². The van der Waals surface area contributed by atoms with Gasteiger partial charge in [0.15, 0.2) is 0 Å². The van der Waals surface area contributed by atoms with Gasteiger partial charge in [0, 0.05) is 32.4 Å². The van der Waals surface area contributed by atoms with Crippen LogP contribution in [0.1, 0.15) is 55.5 Å². The number of fused-ring (bicyclic) bond motifs is 6. The van der Waals surface area contributed by atoms with Crippen molar-refractivity contribution in [3.05, 3.63) is 166 Å². The summed E-state index contributed by atoms with van der Waals surface area (Å²) in [5.41, 5.74) is 16.9. The molecule has 4 N–H and O–H groups in total. The molecule has 0 radical (unpaired) electrons. The predicted molar refractivity (Wildman–Crippen MR) is 216 cm³/mol. The number of hydrogen-bond donors (Lipinski definition) is 4. The topological polar surface area (TPSA) is 64.5 Å². The molecule has 2 aliphatic rings. The van der Waals surface area contributed by atoms with E-state index in [4.69, 9.17) is 10.0 Å². The molecular formula is C44H44BBrN2O2. The van der Waals surface area contributed by atoms with Gasteiger partial charge in [-0.15, -0.1) is 0 Å². The highest BCUT2D eigenvalue weighted by molar-refractivity contribution is 9.10. The molecule has 0 saturated heterocycles. The maximum absolute atomic E-state index is 7.61. The first kappa shape index (κ1) is 35.2. The first-order chi connectivity index (χ1) is 23.9. The molecule has 0 saturated carbocycles. The molecule has 0 amide bonds. The van der Waals surface area contributed by atoms with Crippen LogP contribution in [0.5, 0.6) is 0 Å². The van der Waals surface area contributed by atoms with Crippen molar-refractivity contribution in [3.63, 3.8) is 0 Å². The molecule has 0 aliphatic heterocycles. The molecule has 0 heterocycles. The van der Waals surface area contributed by atoms with Crippen LogP contribution in [0, 0.1) is 6.92 Å². The van der Waals surface area contributed by atoms with Gasteiger partial charge in [-0.25, -0.2) is 0 Å². The monoisotopic (exact) mass is 722 g/mol. The normalized spacial score (nSPS) is 13.6. The number of anilines is 4. The van der Waals surface area contributed by atoms with E-state index in [0.717, 1.165) is 21.5 Å². The Hall–Kier alpha value is -4.62. The molecule has 4 nitrogen and oxygen atoms in total. The number of hydrogen-bond acceptors (Lipinski definition) is 4. The van der Waals surface area contributed by atoms with Gasteiger partial charge >= 0.3 is 7.12 Å². The Kier molecular flexibility index (Phi) is 10.1. The Labute approximate surface area is 305 Å². The fraction of sp³-hybridized carbons (Fsp3) is 0.182. The highest BCUT2D eigenvalue weighted by atomic mass is 79.9. The fourth-order valence-corrected chi connectivity index (χ4v) is 7.60. The molecule has 252 valence electrons. The van der Waals surface area contributed by atoms with Crippen molar-refractivity contribution in [2.45, 2.75) is 52.3 Å². The van der Waals surface area contributed by atoms with Gasteiger partial charge < -0.3 is 20.7 Å². The maximum atomic E-state index is 7.61. The fourth-order valence-electron chi connectivity index (χ4n) is 7.16. The van der Waals surface area contributed by atoms with Crippen LogP contribution in [0.25, 0.3) is 22.3 Å². The lowest BCUT2D eigenvalue weighted by atomic mass is 9.82. The van der Waals surface area contributed by atoms with Crippen LogP contribution in [-0.2, 0) is 10.8 Å². The third kappa shape index (κ3) is 7.02. The third-order valence-corrected chi connectivity index (χ3v) is 10.4. The van der Waals surface area contributed by atoms with E-state index in [1.165, 1.54) is 62.6 Å². The molecule has 0 bridgehead atoms. The molecule has 0 spiro atoms. The van der Waals surface area contributed by atoms with E-state index in [2.05, 4.69) is 170 Å². The van der Waals surface area contributed by atoms with Crippen LogP contribution >= 0.6 is 15.9 Å². The van der Waals surface area contributed by atoms with E-state index in [0.29, 0.717) is 0 Å². The molecule has 2 aliphatic carbocycles. The first-order valence-electron chi connectivity index (χ1n) is 17.1. The predicted octanol–water partition coefficient (Wildman–Crippen LogP) is 11.6. The summed E-state index contributed by atoms with van der Waals surface area (Å²) in [5.74, 6) is 0. The largest absolute Gasteiger partial charge is 0.448 e. The summed E-state index contributed by atoms with van der Waals surface area (Å²) in [6, 6.07) is 47.3. The average molecular weight is 724 g/mol. The van der Waals surface area contributed by atoms with Crippen molar-refractivity contribution in [2.24, 2.45) is 0 Å². The number of nitrogens with one attached hydrogen (secondary N) is 2. The van der Waals surface area contributed by atoms with Crippen molar-refractivity contribution in [1.82, 2.24) is 0 Å². The Morgan fingerprint density at radius 2 is 0.880 bits per heavy atom. The second-order valence-electron chi connectivity index (χ2n) is 14.0. The van der Waals surface area contributed by atoms with Crippen molar-refractivity contribution < 1.29 is 10.0 Å². The van der Waals surface area contributed by atoms with Gasteiger partial charge in [-0.1, -0.05) is 113 Å². The molecule has 50 heavy (non-hydrogen) atoms. The van der Waals surface area contributed by atoms with Crippen molar-refractivity contribution in [1.29, 1.82) is 0 Å². The van der Waals surface area contributed by atoms with E-state index in [9.17, 15) is 0 Å². The zero-order valence-corrected chi connectivity index (χ0v) is 31.1. The number of rotatable bonds is 4.